The Bertz CT molecular complexity index is 334. The Hall–Kier alpha value is -1.43. The third-order valence-electron chi connectivity index (χ3n) is 2.36. The summed E-state index contributed by atoms with van der Waals surface area (Å²) >= 11 is 0. The quantitative estimate of drug-likeness (QED) is 0.635. The van der Waals surface area contributed by atoms with E-state index in [1.807, 2.05) is 7.05 Å². The normalized spacial score (nSPS) is 21.2. The molecule has 1 atom stereocenters. The van der Waals surface area contributed by atoms with E-state index in [4.69, 9.17) is 0 Å². The molecule has 14 heavy (non-hydrogen) atoms. The first-order chi connectivity index (χ1) is 6.75. The van der Waals surface area contributed by atoms with Crippen LogP contribution < -0.4 is 10.6 Å². The first-order valence-electron chi connectivity index (χ1n) is 4.59. The fraction of sp³-hybridized carbons (Fsp3) is 0.625. The van der Waals surface area contributed by atoms with E-state index in [-0.39, 0.29) is 11.9 Å². The Morgan fingerprint density at radius 2 is 2.64 bits per heavy atom. The predicted octanol–water partition coefficient (Wildman–Crippen LogP) is -1.21. The minimum Gasteiger partial charge on any atom is -0.354 e. The van der Waals surface area contributed by atoms with Crippen LogP contribution in [-0.4, -0.2) is 33.5 Å². The van der Waals surface area contributed by atoms with Gasteiger partial charge in [0.2, 0.25) is 5.91 Å². The number of rotatable bonds is 3. The molecular formula is C8H13N5O. The maximum atomic E-state index is 10.9. The number of aromatic nitrogens is 3. The van der Waals surface area contributed by atoms with E-state index in [9.17, 15) is 4.79 Å². The Morgan fingerprint density at radius 3 is 3.21 bits per heavy atom. The van der Waals surface area contributed by atoms with Crippen LogP contribution in [-0.2, 0) is 18.4 Å². The summed E-state index contributed by atoms with van der Waals surface area (Å²) in [6.45, 7) is 1.41. The van der Waals surface area contributed by atoms with Gasteiger partial charge in [0.25, 0.3) is 0 Å². The van der Waals surface area contributed by atoms with E-state index < -0.39 is 0 Å². The second-order valence-corrected chi connectivity index (χ2v) is 3.43. The monoisotopic (exact) mass is 195 g/mol. The first-order valence-corrected chi connectivity index (χ1v) is 4.59. The molecule has 1 aromatic heterocycles. The Balaban J connectivity index is 1.83. The van der Waals surface area contributed by atoms with E-state index in [1.54, 1.807) is 10.9 Å². The Kier molecular flexibility index (Phi) is 2.45. The van der Waals surface area contributed by atoms with Crippen molar-refractivity contribution in [2.45, 2.75) is 19.0 Å². The maximum Gasteiger partial charge on any atom is 0.221 e. The first kappa shape index (κ1) is 9.14. The minimum absolute atomic E-state index is 0.116. The fourth-order valence-corrected chi connectivity index (χ4v) is 1.47. The number of carbonyl (C=O) groups excluding carboxylic acids is 1. The molecule has 6 heteroatoms. The van der Waals surface area contributed by atoms with Crippen LogP contribution in [0.2, 0.25) is 0 Å². The van der Waals surface area contributed by atoms with E-state index in [1.165, 1.54) is 0 Å². The molecule has 0 spiro atoms. The molecule has 6 nitrogen and oxygen atoms in total. The van der Waals surface area contributed by atoms with Crippen LogP contribution in [0, 0.1) is 0 Å². The second kappa shape index (κ2) is 3.75. The molecule has 0 radical (unpaired) electrons. The van der Waals surface area contributed by atoms with Crippen LogP contribution >= 0.6 is 0 Å². The van der Waals surface area contributed by atoms with Crippen molar-refractivity contribution in [3.8, 4) is 0 Å². The van der Waals surface area contributed by atoms with Crippen LogP contribution in [0.25, 0.3) is 0 Å². The van der Waals surface area contributed by atoms with Gasteiger partial charge in [-0.1, -0.05) is 5.21 Å². The molecule has 2 heterocycles. The van der Waals surface area contributed by atoms with Gasteiger partial charge in [-0.3, -0.25) is 9.48 Å². The number of carbonyl (C=O) groups is 1. The molecule has 76 valence electrons. The molecule has 0 bridgehead atoms. The molecule has 1 aliphatic heterocycles. The fourth-order valence-electron chi connectivity index (χ4n) is 1.47. The van der Waals surface area contributed by atoms with Gasteiger partial charge in [0.05, 0.1) is 11.9 Å². The summed E-state index contributed by atoms with van der Waals surface area (Å²) in [6.07, 6.45) is 2.28. The molecule has 1 saturated heterocycles. The molecule has 1 unspecified atom stereocenters. The lowest BCUT2D eigenvalue weighted by Gasteiger charge is -2.09. The molecule has 1 amide bonds. The third-order valence-corrected chi connectivity index (χ3v) is 2.36. The van der Waals surface area contributed by atoms with Gasteiger partial charge in [-0.25, -0.2) is 0 Å². The van der Waals surface area contributed by atoms with Crippen LogP contribution in [0.15, 0.2) is 6.20 Å². The van der Waals surface area contributed by atoms with Crippen molar-refractivity contribution in [2.75, 3.05) is 6.54 Å². The maximum absolute atomic E-state index is 10.9. The summed E-state index contributed by atoms with van der Waals surface area (Å²) in [6, 6.07) is 0.234. The van der Waals surface area contributed by atoms with Crippen LogP contribution in [0.4, 0.5) is 0 Å². The van der Waals surface area contributed by atoms with Crippen LogP contribution in [0.5, 0.6) is 0 Å². The number of aryl methyl sites for hydroxylation is 1. The van der Waals surface area contributed by atoms with Gasteiger partial charge >= 0.3 is 0 Å². The minimum atomic E-state index is 0.116. The number of hydrogen-bond acceptors (Lipinski definition) is 4. The Morgan fingerprint density at radius 1 is 1.79 bits per heavy atom. The van der Waals surface area contributed by atoms with Crippen molar-refractivity contribution in [1.82, 2.24) is 25.6 Å². The van der Waals surface area contributed by atoms with E-state index in [0.717, 1.165) is 5.69 Å². The highest BCUT2D eigenvalue weighted by Gasteiger charge is 2.20. The van der Waals surface area contributed by atoms with Crippen molar-refractivity contribution >= 4 is 5.91 Å². The zero-order valence-corrected chi connectivity index (χ0v) is 8.03. The molecule has 0 aromatic carbocycles. The lowest BCUT2D eigenvalue weighted by molar-refractivity contribution is -0.119. The van der Waals surface area contributed by atoms with Gasteiger partial charge in [-0.15, -0.1) is 5.10 Å². The van der Waals surface area contributed by atoms with Crippen molar-refractivity contribution in [3.05, 3.63) is 11.9 Å². The highest BCUT2D eigenvalue weighted by Crippen LogP contribution is 2.01. The number of nitrogens with one attached hydrogen (secondary N) is 2. The molecule has 1 aliphatic rings. The zero-order valence-electron chi connectivity index (χ0n) is 8.03. The van der Waals surface area contributed by atoms with Gasteiger partial charge in [0.1, 0.15) is 0 Å². The molecular weight excluding hydrogens is 182 g/mol. The molecule has 1 fully saturated rings. The van der Waals surface area contributed by atoms with Crippen molar-refractivity contribution in [2.24, 2.45) is 7.05 Å². The third kappa shape index (κ3) is 1.90. The van der Waals surface area contributed by atoms with Gasteiger partial charge in [0.15, 0.2) is 0 Å². The molecule has 2 rings (SSSR count). The Labute approximate surface area is 81.7 Å². The average molecular weight is 195 g/mol. The summed E-state index contributed by atoms with van der Waals surface area (Å²) in [7, 11) is 1.85. The van der Waals surface area contributed by atoms with Crippen LogP contribution in [0.1, 0.15) is 12.1 Å². The summed E-state index contributed by atoms with van der Waals surface area (Å²) in [5, 5.41) is 13.6. The van der Waals surface area contributed by atoms with Gasteiger partial charge in [0, 0.05) is 32.6 Å². The highest BCUT2D eigenvalue weighted by atomic mass is 16.1. The average Bonchev–Trinajstić information content (AvgIpc) is 2.72. The number of nitrogens with zero attached hydrogens (tertiary/aromatic N) is 3. The van der Waals surface area contributed by atoms with Gasteiger partial charge in [-0.05, 0) is 0 Å². The molecule has 2 N–H and O–H groups in total. The molecule has 0 saturated carbocycles. The van der Waals surface area contributed by atoms with E-state index in [0.29, 0.717) is 19.5 Å². The predicted molar refractivity (Wildman–Crippen MR) is 49.3 cm³/mol. The summed E-state index contributed by atoms with van der Waals surface area (Å²) in [5.41, 5.74) is 1.02. The van der Waals surface area contributed by atoms with Crippen molar-refractivity contribution in [3.63, 3.8) is 0 Å². The molecule has 0 aliphatic carbocycles. The lowest BCUT2D eigenvalue weighted by atomic mass is 10.2. The van der Waals surface area contributed by atoms with Gasteiger partial charge < -0.3 is 10.6 Å². The van der Waals surface area contributed by atoms with E-state index in [2.05, 4.69) is 20.9 Å². The van der Waals surface area contributed by atoms with Gasteiger partial charge in [-0.2, -0.15) is 0 Å². The van der Waals surface area contributed by atoms with Crippen LogP contribution in [0.3, 0.4) is 0 Å². The summed E-state index contributed by atoms with van der Waals surface area (Å²) < 4.78 is 1.72. The standard InChI is InChI=1S/C8H13N5O/c1-13-7(5-11-12-13)4-9-6-2-8(14)10-3-6/h5-6,9H,2-4H2,1H3,(H,10,14). The lowest BCUT2D eigenvalue weighted by Crippen LogP contribution is -2.31. The SMILES string of the molecule is Cn1nncc1CNC1CNC(=O)C1. The number of amides is 1. The molecule has 1 aromatic rings. The summed E-state index contributed by atoms with van der Waals surface area (Å²) in [4.78, 5) is 10.9. The van der Waals surface area contributed by atoms with E-state index >= 15 is 0 Å². The second-order valence-electron chi connectivity index (χ2n) is 3.43. The topological polar surface area (TPSA) is 71.8 Å². The summed E-state index contributed by atoms with van der Waals surface area (Å²) in [5.74, 6) is 0.116. The largest absolute Gasteiger partial charge is 0.354 e. The highest BCUT2D eigenvalue weighted by molar-refractivity contribution is 5.78. The zero-order chi connectivity index (χ0) is 9.97. The van der Waals surface area contributed by atoms with Crippen molar-refractivity contribution < 1.29 is 4.79 Å². The number of hydrogen-bond donors (Lipinski definition) is 2. The smallest absolute Gasteiger partial charge is 0.221 e. The van der Waals surface area contributed by atoms with Crippen molar-refractivity contribution in [1.29, 1.82) is 0 Å².